The highest BCUT2D eigenvalue weighted by Gasteiger charge is 2.41. The van der Waals surface area contributed by atoms with Gasteiger partial charge < -0.3 is 5.32 Å². The number of nitriles is 1. The number of carbonyl (C=O) groups excluding carboxylic acids is 1. The summed E-state index contributed by atoms with van der Waals surface area (Å²) < 4.78 is 39.6. The Labute approximate surface area is 147 Å². The number of benzene rings is 1. The molecule has 2 heterocycles. The van der Waals surface area contributed by atoms with E-state index in [-0.39, 0.29) is 11.1 Å². The van der Waals surface area contributed by atoms with E-state index in [1.165, 1.54) is 6.07 Å². The summed E-state index contributed by atoms with van der Waals surface area (Å²) >= 11 is 5.68. The summed E-state index contributed by atoms with van der Waals surface area (Å²) in [5.41, 5.74) is 0.522. The van der Waals surface area contributed by atoms with Crippen LogP contribution in [0.25, 0.3) is 0 Å². The van der Waals surface area contributed by atoms with E-state index >= 15 is 0 Å². The number of nitrogens with zero attached hydrogens (tertiary/aromatic N) is 2. The SMILES string of the molecule is CC1=NC2=C(C(=O)NCC2)C(c2ccc(Cl)c(C(F)(F)F)c2)C1C#N. The van der Waals surface area contributed by atoms with Crippen molar-refractivity contribution in [1.82, 2.24) is 5.32 Å². The molecule has 2 aliphatic heterocycles. The average Bonchev–Trinajstić information content (AvgIpc) is 2.53. The van der Waals surface area contributed by atoms with Crippen LogP contribution in [0.1, 0.15) is 30.4 Å². The van der Waals surface area contributed by atoms with Crippen molar-refractivity contribution in [2.45, 2.75) is 25.4 Å². The maximum Gasteiger partial charge on any atom is 0.417 e. The van der Waals surface area contributed by atoms with Crippen LogP contribution >= 0.6 is 11.6 Å². The third-order valence-corrected chi connectivity index (χ3v) is 4.73. The van der Waals surface area contributed by atoms with Gasteiger partial charge >= 0.3 is 6.18 Å². The number of halogens is 4. The van der Waals surface area contributed by atoms with E-state index in [1.54, 1.807) is 6.92 Å². The number of hydrogen-bond donors (Lipinski definition) is 1. The van der Waals surface area contributed by atoms with Gasteiger partial charge in [-0.3, -0.25) is 9.79 Å². The average molecular weight is 368 g/mol. The van der Waals surface area contributed by atoms with Crippen molar-refractivity contribution >= 4 is 23.2 Å². The fourth-order valence-corrected chi connectivity index (χ4v) is 3.49. The number of nitrogens with one attached hydrogen (secondary N) is 1. The summed E-state index contributed by atoms with van der Waals surface area (Å²) in [4.78, 5) is 16.7. The zero-order chi connectivity index (χ0) is 18.4. The number of amides is 1. The van der Waals surface area contributed by atoms with Crippen LogP contribution in [0, 0.1) is 17.2 Å². The molecule has 0 fully saturated rings. The lowest BCUT2D eigenvalue weighted by molar-refractivity contribution is -0.137. The minimum absolute atomic E-state index is 0.224. The molecule has 2 unspecified atom stereocenters. The van der Waals surface area contributed by atoms with E-state index in [4.69, 9.17) is 11.6 Å². The van der Waals surface area contributed by atoms with Crippen molar-refractivity contribution in [3.63, 3.8) is 0 Å². The molecule has 0 saturated carbocycles. The Morgan fingerprint density at radius 2 is 2.12 bits per heavy atom. The second-order valence-electron chi connectivity index (χ2n) is 5.94. The molecule has 8 heteroatoms. The van der Waals surface area contributed by atoms with Gasteiger partial charge in [0.05, 0.1) is 28.3 Å². The number of hydrogen-bond acceptors (Lipinski definition) is 3. The monoisotopic (exact) mass is 367 g/mol. The molecule has 0 aromatic heterocycles. The molecule has 0 radical (unpaired) electrons. The van der Waals surface area contributed by atoms with Crippen LogP contribution in [0.2, 0.25) is 5.02 Å². The maximum absolute atomic E-state index is 13.2. The minimum atomic E-state index is -4.63. The first kappa shape index (κ1) is 17.5. The summed E-state index contributed by atoms with van der Waals surface area (Å²) in [6.07, 6.45) is -4.15. The molecule has 130 valence electrons. The molecule has 1 amide bonds. The zero-order valence-corrected chi connectivity index (χ0v) is 13.9. The first-order chi connectivity index (χ1) is 11.7. The number of rotatable bonds is 1. The minimum Gasteiger partial charge on any atom is -0.352 e. The Bertz CT molecular complexity index is 852. The fourth-order valence-electron chi connectivity index (χ4n) is 3.26. The summed E-state index contributed by atoms with van der Waals surface area (Å²) in [6.45, 7) is 2.06. The van der Waals surface area contributed by atoms with Crippen LogP contribution in [-0.2, 0) is 11.0 Å². The summed E-state index contributed by atoms with van der Waals surface area (Å²) in [7, 11) is 0. The van der Waals surface area contributed by atoms with E-state index in [0.717, 1.165) is 12.1 Å². The molecule has 0 saturated heterocycles. The Balaban J connectivity index is 2.20. The molecule has 4 nitrogen and oxygen atoms in total. The standard InChI is InChI=1S/C17H13ClF3N3O/c1-8-10(7-22)14(15-13(24-8)4-5-23-16(15)25)9-2-3-12(18)11(6-9)17(19,20)21/h2-3,6,10,14H,4-5H2,1H3,(H,23,25). The van der Waals surface area contributed by atoms with Crippen molar-refractivity contribution in [3.8, 4) is 6.07 Å². The fraction of sp³-hybridized carbons (Fsp3) is 0.353. The molecule has 0 spiro atoms. The quantitative estimate of drug-likeness (QED) is 0.819. The topological polar surface area (TPSA) is 65.2 Å². The highest BCUT2D eigenvalue weighted by atomic mass is 35.5. The molecular formula is C17H13ClF3N3O. The predicted octanol–water partition coefficient (Wildman–Crippen LogP) is 3.83. The van der Waals surface area contributed by atoms with Gasteiger partial charge in [0.1, 0.15) is 0 Å². The molecule has 2 aliphatic rings. The van der Waals surface area contributed by atoms with Crippen LogP contribution < -0.4 is 5.32 Å². The van der Waals surface area contributed by atoms with Crippen LogP contribution in [-0.4, -0.2) is 18.2 Å². The molecule has 25 heavy (non-hydrogen) atoms. The lowest BCUT2D eigenvalue weighted by Crippen LogP contribution is -2.39. The van der Waals surface area contributed by atoms with Crippen LogP contribution in [0.15, 0.2) is 34.5 Å². The molecule has 1 N–H and O–H groups in total. The van der Waals surface area contributed by atoms with Gasteiger partial charge in [0.25, 0.3) is 0 Å². The van der Waals surface area contributed by atoms with Gasteiger partial charge in [-0.05, 0) is 24.6 Å². The Hall–Kier alpha value is -2.33. The molecular weight excluding hydrogens is 355 g/mol. The van der Waals surface area contributed by atoms with Gasteiger partial charge in [-0.15, -0.1) is 0 Å². The summed E-state index contributed by atoms with van der Waals surface area (Å²) in [6, 6.07) is 5.57. The Kier molecular flexibility index (Phi) is 4.33. The van der Waals surface area contributed by atoms with Crippen molar-refractivity contribution in [2.75, 3.05) is 6.54 Å². The van der Waals surface area contributed by atoms with Gasteiger partial charge in [0, 0.05) is 30.2 Å². The first-order valence-electron chi connectivity index (χ1n) is 7.56. The molecule has 0 bridgehead atoms. The molecule has 1 aromatic rings. The van der Waals surface area contributed by atoms with E-state index < -0.39 is 34.5 Å². The summed E-state index contributed by atoms with van der Waals surface area (Å²) in [5.74, 6) is -2.02. The van der Waals surface area contributed by atoms with Gasteiger partial charge in [-0.2, -0.15) is 18.4 Å². The largest absolute Gasteiger partial charge is 0.417 e. The smallest absolute Gasteiger partial charge is 0.352 e. The van der Waals surface area contributed by atoms with E-state index in [0.29, 0.717) is 24.4 Å². The van der Waals surface area contributed by atoms with Gasteiger partial charge in [0.2, 0.25) is 5.91 Å². The van der Waals surface area contributed by atoms with Gasteiger partial charge in [-0.1, -0.05) is 17.7 Å². The highest BCUT2D eigenvalue weighted by Crippen LogP contribution is 2.43. The first-order valence-corrected chi connectivity index (χ1v) is 7.94. The number of carbonyl (C=O) groups is 1. The predicted molar refractivity (Wildman–Crippen MR) is 86.1 cm³/mol. The van der Waals surface area contributed by atoms with Gasteiger partial charge in [0.15, 0.2) is 0 Å². The Morgan fingerprint density at radius 3 is 2.76 bits per heavy atom. The van der Waals surface area contributed by atoms with Crippen molar-refractivity contribution in [2.24, 2.45) is 10.9 Å². The molecule has 1 aromatic carbocycles. The third-order valence-electron chi connectivity index (χ3n) is 4.40. The van der Waals surface area contributed by atoms with Crippen LogP contribution in [0.3, 0.4) is 0 Å². The second-order valence-corrected chi connectivity index (χ2v) is 6.35. The van der Waals surface area contributed by atoms with Crippen LogP contribution in [0.5, 0.6) is 0 Å². The maximum atomic E-state index is 13.2. The molecule has 3 rings (SSSR count). The normalized spacial score (nSPS) is 23.5. The molecule has 2 atom stereocenters. The van der Waals surface area contributed by atoms with Gasteiger partial charge in [-0.25, -0.2) is 0 Å². The van der Waals surface area contributed by atoms with E-state index in [1.807, 2.05) is 0 Å². The van der Waals surface area contributed by atoms with Crippen molar-refractivity contribution in [3.05, 3.63) is 45.6 Å². The zero-order valence-electron chi connectivity index (χ0n) is 13.1. The molecule has 0 aliphatic carbocycles. The highest BCUT2D eigenvalue weighted by molar-refractivity contribution is 6.31. The van der Waals surface area contributed by atoms with E-state index in [2.05, 4.69) is 16.4 Å². The number of aliphatic imine (C=N–C) groups is 1. The van der Waals surface area contributed by atoms with Crippen molar-refractivity contribution < 1.29 is 18.0 Å². The third kappa shape index (κ3) is 3.02. The summed E-state index contributed by atoms with van der Waals surface area (Å²) in [5, 5.41) is 11.8. The Morgan fingerprint density at radius 1 is 1.40 bits per heavy atom. The lowest BCUT2D eigenvalue weighted by atomic mass is 9.74. The second kappa shape index (κ2) is 6.19. The lowest BCUT2D eigenvalue weighted by Gasteiger charge is -2.33. The number of alkyl halides is 3. The van der Waals surface area contributed by atoms with E-state index in [9.17, 15) is 23.2 Å². The van der Waals surface area contributed by atoms with Crippen molar-refractivity contribution in [1.29, 1.82) is 5.26 Å². The van der Waals surface area contributed by atoms with Crippen LogP contribution in [0.4, 0.5) is 13.2 Å².